The van der Waals surface area contributed by atoms with Gasteiger partial charge in [-0.15, -0.1) is 0 Å². The van der Waals surface area contributed by atoms with E-state index in [1.165, 1.54) is 0 Å². The summed E-state index contributed by atoms with van der Waals surface area (Å²) in [7, 11) is 0. The van der Waals surface area contributed by atoms with Gasteiger partial charge in [0.15, 0.2) is 5.78 Å². The predicted octanol–water partition coefficient (Wildman–Crippen LogP) is 14.3. The number of hydrogen-bond acceptors (Lipinski definition) is 10. The van der Waals surface area contributed by atoms with E-state index in [9.17, 15) is 38.7 Å². The molecule has 0 aliphatic carbocycles. The van der Waals surface area contributed by atoms with Crippen molar-refractivity contribution in [3.8, 4) is 0 Å². The van der Waals surface area contributed by atoms with Crippen LogP contribution in [0.3, 0.4) is 0 Å². The molecular weight excluding hydrogens is 949 g/mol. The molecule has 2 heterocycles. The number of carbonyl (C=O) groups is 7. The highest BCUT2D eigenvalue weighted by molar-refractivity contribution is 8.00. The van der Waals surface area contributed by atoms with Gasteiger partial charge in [0.05, 0.1) is 18.7 Å². The van der Waals surface area contributed by atoms with Crippen molar-refractivity contribution in [3.05, 3.63) is 36.5 Å². The van der Waals surface area contributed by atoms with E-state index in [-0.39, 0.29) is 69.2 Å². The zero-order valence-corrected chi connectivity index (χ0v) is 52.1. The molecule has 430 valence electrons. The van der Waals surface area contributed by atoms with Crippen molar-refractivity contribution in [2.24, 2.45) is 37.9 Å². The SMILES string of the molecule is CC(C)(C)C(=O)CCCC(=O)[C@H](O)C(C)(C)CO.CC(C)(C)C(=O)CCCC[C@@H]1SC[C@@H]2NC(=O)N[C@@H]21.CC/C=C\CC(=O)C(C)(C)C.CC/C=C\CC(=O)CC(C)(C)C.CC/C=C\CC(C)(C)C(=O)C(C)(C)C. The molecule has 74 heavy (non-hydrogen) atoms. The van der Waals surface area contributed by atoms with E-state index in [1.807, 2.05) is 133 Å². The van der Waals surface area contributed by atoms with Gasteiger partial charge in [-0.3, -0.25) is 28.8 Å². The van der Waals surface area contributed by atoms with Crippen LogP contribution in [0.1, 0.15) is 242 Å². The van der Waals surface area contributed by atoms with Crippen LogP contribution in [-0.2, 0) is 28.8 Å². The molecule has 12 heteroatoms. The first-order chi connectivity index (χ1) is 33.5. The molecule has 0 unspecified atom stereocenters. The first-order valence-electron chi connectivity index (χ1n) is 27.7. The number of hydrogen-bond donors (Lipinski definition) is 4. The Morgan fingerprint density at radius 3 is 1.49 bits per heavy atom. The number of allylic oxidation sites excluding steroid dienone is 6. The number of rotatable bonds is 23. The molecule has 2 fully saturated rings. The van der Waals surface area contributed by atoms with Crippen molar-refractivity contribution in [2.45, 2.75) is 266 Å². The standard InChI is InChI=1S/C14H24N2O2S.C14H26O4.C13H24O.C11H20O.C10H18O/c1-14(2,3)11(17)7-5-4-6-10-12-9(8-19-10)15-13(18)16-12;1-13(2,3)11(17)8-6-7-10(16)12(18)14(4,5)9-15;1-7-8-9-10-13(5,6)11(14)12(2,3)4;1-5-6-7-8-10(12)9-11(2,3)4;1-5-6-7-8-9(11)10(2,3)4/h9-10,12H,4-8H2,1-3H3,(H2,15,16,18);12,15,18H,6-9H2,1-5H3;8-9H,7,10H2,1-6H3;6-7H,5,8-9H2,1-4H3;6-7H,5,8H2,1-4H3/b;;9-8-;2*7-6-/t9-,10-,12-;12-;;;/m00.../s1. The fraction of sp³-hybridized carbons (Fsp3) is 0.790. The first kappa shape index (κ1) is 75.0. The molecule has 0 radical (unpaired) electrons. The summed E-state index contributed by atoms with van der Waals surface area (Å²) in [6, 6.07) is 0.567. The molecule has 2 saturated heterocycles. The molecule has 2 aliphatic heterocycles. The second-order valence-electron chi connectivity index (χ2n) is 26.7. The van der Waals surface area contributed by atoms with E-state index in [0.717, 1.165) is 50.7 Å². The van der Waals surface area contributed by atoms with Gasteiger partial charge in [0.1, 0.15) is 35.0 Å². The van der Waals surface area contributed by atoms with Gasteiger partial charge in [-0.25, -0.2) is 4.79 Å². The predicted molar refractivity (Wildman–Crippen MR) is 313 cm³/mol. The van der Waals surface area contributed by atoms with Crippen LogP contribution in [0.5, 0.6) is 0 Å². The van der Waals surface area contributed by atoms with Crippen LogP contribution in [0.2, 0.25) is 0 Å². The molecule has 11 nitrogen and oxygen atoms in total. The summed E-state index contributed by atoms with van der Waals surface area (Å²) < 4.78 is 0. The number of urea groups is 1. The molecule has 4 N–H and O–H groups in total. The summed E-state index contributed by atoms with van der Waals surface area (Å²) in [5, 5.41) is 25.3. The number of Topliss-reactive ketones (excluding diaryl/α,β-unsaturated/α-hetero) is 6. The molecular formula is C62H112N2O9S. The molecule has 0 bridgehead atoms. The monoisotopic (exact) mass is 1060 g/mol. The lowest BCUT2D eigenvalue weighted by atomic mass is 9.73. The lowest BCUT2D eigenvalue weighted by Gasteiger charge is -2.29. The van der Waals surface area contributed by atoms with Gasteiger partial charge in [0.2, 0.25) is 0 Å². The minimum absolute atomic E-state index is 0.0248. The Balaban J connectivity index is -0.000000866. The van der Waals surface area contributed by atoms with Crippen LogP contribution < -0.4 is 10.6 Å². The third-order valence-electron chi connectivity index (χ3n) is 12.4. The lowest BCUT2D eigenvalue weighted by Crippen LogP contribution is -2.39. The van der Waals surface area contributed by atoms with Crippen LogP contribution in [0, 0.1) is 37.9 Å². The second kappa shape index (κ2) is 35.2. The smallest absolute Gasteiger partial charge is 0.315 e. The van der Waals surface area contributed by atoms with E-state index in [4.69, 9.17) is 5.11 Å². The zero-order valence-electron chi connectivity index (χ0n) is 51.2. The Labute approximate surface area is 457 Å². The van der Waals surface area contributed by atoms with Crippen LogP contribution in [0.15, 0.2) is 36.5 Å². The molecule has 0 spiro atoms. The minimum Gasteiger partial charge on any atom is -0.396 e. The lowest BCUT2D eigenvalue weighted by molar-refractivity contribution is -0.135. The van der Waals surface area contributed by atoms with Crippen molar-refractivity contribution in [1.29, 1.82) is 0 Å². The fourth-order valence-electron chi connectivity index (χ4n) is 7.47. The minimum atomic E-state index is -1.17. The number of unbranched alkanes of at least 4 members (excludes halogenated alkanes) is 1. The van der Waals surface area contributed by atoms with Crippen LogP contribution in [0.25, 0.3) is 0 Å². The van der Waals surface area contributed by atoms with Crippen LogP contribution in [-0.4, -0.2) is 86.7 Å². The van der Waals surface area contributed by atoms with Crippen LogP contribution in [0.4, 0.5) is 4.79 Å². The fourth-order valence-corrected chi connectivity index (χ4v) is 9.01. The third-order valence-corrected chi connectivity index (χ3v) is 13.9. The number of nitrogens with one attached hydrogen (secondary N) is 2. The third kappa shape index (κ3) is 35.2. The van der Waals surface area contributed by atoms with Gasteiger partial charge < -0.3 is 20.8 Å². The molecule has 0 saturated carbocycles. The summed E-state index contributed by atoms with van der Waals surface area (Å²) >= 11 is 1.94. The highest BCUT2D eigenvalue weighted by Gasteiger charge is 2.42. The Hall–Kier alpha value is -3.22. The Kier molecular flexibility index (Phi) is 35.7. The molecule has 2 amide bonds. The first-order valence-corrected chi connectivity index (χ1v) is 28.7. The number of carbonyl (C=O) groups excluding carboxylic acids is 7. The molecule has 2 aliphatic rings. The van der Waals surface area contributed by atoms with Gasteiger partial charge in [-0.2, -0.15) is 11.8 Å². The van der Waals surface area contributed by atoms with Gasteiger partial charge >= 0.3 is 6.03 Å². The number of amides is 2. The van der Waals surface area contributed by atoms with E-state index < -0.39 is 11.5 Å². The highest BCUT2D eigenvalue weighted by Crippen LogP contribution is 2.34. The van der Waals surface area contributed by atoms with Gasteiger partial charge in [0, 0.05) is 82.0 Å². The van der Waals surface area contributed by atoms with E-state index >= 15 is 0 Å². The molecule has 0 aromatic heterocycles. The summed E-state index contributed by atoms with van der Waals surface area (Å²) in [5.74, 6) is 2.15. The van der Waals surface area contributed by atoms with E-state index in [0.29, 0.717) is 72.9 Å². The quantitative estimate of drug-likeness (QED) is 0.0436. The Morgan fingerprint density at radius 1 is 0.595 bits per heavy atom. The van der Waals surface area contributed by atoms with E-state index in [2.05, 4.69) is 64.3 Å². The number of fused-ring (bicyclic) bond motifs is 1. The molecule has 0 aromatic carbocycles. The summed E-state index contributed by atoms with van der Waals surface area (Å²) in [5.41, 5.74) is -1.93. The van der Waals surface area contributed by atoms with Crippen molar-refractivity contribution >= 4 is 52.5 Å². The van der Waals surface area contributed by atoms with Crippen molar-refractivity contribution in [3.63, 3.8) is 0 Å². The number of ketones is 6. The largest absolute Gasteiger partial charge is 0.396 e. The Bertz CT molecular complexity index is 1790. The van der Waals surface area contributed by atoms with Gasteiger partial charge in [-0.05, 0) is 50.4 Å². The summed E-state index contributed by atoms with van der Waals surface area (Å²) in [4.78, 5) is 81.0. The average Bonchev–Trinajstić information content (AvgIpc) is 3.82. The van der Waals surface area contributed by atoms with Gasteiger partial charge in [0.25, 0.3) is 0 Å². The number of aliphatic hydroxyl groups is 2. The molecule has 0 aromatic rings. The number of thioether (sulfide) groups is 1. The zero-order chi connectivity index (χ0) is 58.5. The average molecular weight is 1060 g/mol. The topological polar surface area (TPSA) is 184 Å². The van der Waals surface area contributed by atoms with Crippen molar-refractivity contribution < 1.29 is 43.8 Å². The highest BCUT2D eigenvalue weighted by atomic mass is 32.2. The molecule has 2 rings (SSSR count). The maximum atomic E-state index is 12.0. The molecule has 4 atom stereocenters. The normalized spacial score (nSPS) is 17.6. The van der Waals surface area contributed by atoms with Gasteiger partial charge in [-0.1, -0.05) is 195 Å². The maximum Gasteiger partial charge on any atom is 0.315 e. The van der Waals surface area contributed by atoms with Crippen molar-refractivity contribution in [1.82, 2.24) is 10.6 Å². The maximum absolute atomic E-state index is 12.0. The second-order valence-corrected chi connectivity index (χ2v) is 28.0. The van der Waals surface area contributed by atoms with E-state index in [1.54, 1.807) is 13.8 Å². The summed E-state index contributed by atoms with van der Waals surface area (Å²) in [6.45, 7) is 42.9. The summed E-state index contributed by atoms with van der Waals surface area (Å²) in [6.07, 6.45) is 21.6. The number of aliphatic hydroxyl groups excluding tert-OH is 2. The van der Waals surface area contributed by atoms with Crippen molar-refractivity contribution in [2.75, 3.05) is 12.4 Å². The Morgan fingerprint density at radius 2 is 1.05 bits per heavy atom. The van der Waals surface area contributed by atoms with Crippen LogP contribution >= 0.6 is 11.8 Å².